The maximum absolute atomic E-state index is 11.5. The van der Waals surface area contributed by atoms with Crippen LogP contribution in [-0.2, 0) is 9.53 Å². The van der Waals surface area contributed by atoms with Crippen LogP contribution in [0.15, 0.2) is 0 Å². The maximum Gasteiger partial charge on any atom is 0.329 e. The summed E-state index contributed by atoms with van der Waals surface area (Å²) in [5.74, 6) is 1.35. The van der Waals surface area contributed by atoms with E-state index in [0.717, 1.165) is 0 Å². The van der Waals surface area contributed by atoms with Gasteiger partial charge in [0.05, 0.1) is 0 Å². The van der Waals surface area contributed by atoms with Crippen LogP contribution in [0.5, 0.6) is 0 Å². The van der Waals surface area contributed by atoms with E-state index in [1.165, 1.54) is 0 Å². The Labute approximate surface area is 99.7 Å². The number of carbonyl (C=O) groups is 2. The van der Waals surface area contributed by atoms with Crippen LogP contribution in [0.2, 0.25) is 0 Å². The molecular weight excluding hydrogens is 224 g/mol. The third kappa shape index (κ3) is 3.64. The van der Waals surface area contributed by atoms with E-state index in [4.69, 9.17) is 11.2 Å². The fourth-order valence-corrected chi connectivity index (χ4v) is 1.62. The fourth-order valence-electron chi connectivity index (χ4n) is 1.62. The van der Waals surface area contributed by atoms with Gasteiger partial charge in [0.15, 0.2) is 0 Å². The average Bonchev–Trinajstić information content (AvgIpc) is 2.30. The van der Waals surface area contributed by atoms with Crippen LogP contribution in [0.1, 0.15) is 19.3 Å². The highest BCUT2D eigenvalue weighted by Crippen LogP contribution is 2.20. The van der Waals surface area contributed by atoms with Crippen LogP contribution < -0.4 is 10.6 Å². The number of carbonyl (C=O) groups excluding carboxylic acids is 1. The van der Waals surface area contributed by atoms with Gasteiger partial charge in [-0.1, -0.05) is 0 Å². The Morgan fingerprint density at radius 1 is 1.41 bits per heavy atom. The van der Waals surface area contributed by atoms with Gasteiger partial charge in [0.25, 0.3) is 0 Å². The van der Waals surface area contributed by atoms with Gasteiger partial charge in [0, 0.05) is 39.0 Å². The van der Waals surface area contributed by atoms with E-state index in [2.05, 4.69) is 16.6 Å². The zero-order chi connectivity index (χ0) is 12.7. The van der Waals surface area contributed by atoms with Crippen LogP contribution in [0.4, 0.5) is 4.79 Å². The van der Waals surface area contributed by atoms with Gasteiger partial charge in [-0.2, -0.15) is 0 Å². The third-order valence-corrected chi connectivity index (χ3v) is 2.66. The summed E-state index contributed by atoms with van der Waals surface area (Å²) >= 11 is 0. The molecule has 94 valence electrons. The zero-order valence-corrected chi connectivity index (χ0v) is 9.49. The van der Waals surface area contributed by atoms with Crippen molar-refractivity contribution in [2.45, 2.75) is 24.8 Å². The molecule has 1 heterocycles. The lowest BCUT2D eigenvalue weighted by Crippen LogP contribution is -2.59. The summed E-state index contributed by atoms with van der Waals surface area (Å²) in [5.41, 5.74) is -1.22. The first-order chi connectivity index (χ1) is 8.10. The molecule has 0 atom stereocenters. The molecule has 6 nitrogen and oxygen atoms in total. The summed E-state index contributed by atoms with van der Waals surface area (Å²) in [6.45, 7) is 0.988. The average molecular weight is 240 g/mol. The molecule has 17 heavy (non-hydrogen) atoms. The predicted molar refractivity (Wildman–Crippen MR) is 60.4 cm³/mol. The summed E-state index contributed by atoms with van der Waals surface area (Å²) in [6.07, 6.45) is 5.99. The van der Waals surface area contributed by atoms with E-state index < -0.39 is 17.5 Å². The summed E-state index contributed by atoms with van der Waals surface area (Å²) in [6, 6.07) is -0.510. The van der Waals surface area contributed by atoms with Gasteiger partial charge >= 0.3 is 12.0 Å². The number of carboxylic acid groups (broad SMARTS) is 1. The molecule has 1 aliphatic rings. The fraction of sp³-hybridized carbons (Fsp3) is 0.636. The van der Waals surface area contributed by atoms with Crippen LogP contribution in [0, 0.1) is 12.3 Å². The topological polar surface area (TPSA) is 87.7 Å². The standard InChI is InChI=1S/C11H16N2O4/c1-2-3-6-12-10(16)13-11(9(14)15)4-7-17-8-5-11/h1H,3-8H2,(H,14,15)(H2,12,13,16). The largest absolute Gasteiger partial charge is 0.480 e. The van der Waals surface area contributed by atoms with Crippen molar-refractivity contribution in [2.75, 3.05) is 19.8 Å². The Morgan fingerprint density at radius 2 is 2.06 bits per heavy atom. The summed E-state index contributed by atoms with van der Waals surface area (Å²) < 4.78 is 5.09. The minimum Gasteiger partial charge on any atom is -0.480 e. The molecular formula is C11H16N2O4. The second kappa shape index (κ2) is 6.11. The number of amides is 2. The van der Waals surface area contributed by atoms with Crippen molar-refractivity contribution in [1.29, 1.82) is 0 Å². The van der Waals surface area contributed by atoms with Crippen molar-refractivity contribution in [3.8, 4) is 12.3 Å². The van der Waals surface area contributed by atoms with Crippen molar-refractivity contribution >= 4 is 12.0 Å². The first kappa shape index (κ1) is 13.3. The molecule has 0 spiro atoms. The quantitative estimate of drug-likeness (QED) is 0.474. The molecule has 0 aromatic heterocycles. The van der Waals surface area contributed by atoms with E-state index in [-0.39, 0.29) is 12.8 Å². The van der Waals surface area contributed by atoms with Gasteiger partial charge in [-0.15, -0.1) is 12.3 Å². The van der Waals surface area contributed by atoms with Crippen LogP contribution in [0.25, 0.3) is 0 Å². The van der Waals surface area contributed by atoms with E-state index in [0.29, 0.717) is 26.2 Å². The monoisotopic (exact) mass is 240 g/mol. The van der Waals surface area contributed by atoms with Crippen molar-refractivity contribution in [3.05, 3.63) is 0 Å². The summed E-state index contributed by atoms with van der Waals surface area (Å²) in [4.78, 5) is 22.7. The van der Waals surface area contributed by atoms with E-state index in [1.807, 2.05) is 0 Å². The summed E-state index contributed by atoms with van der Waals surface area (Å²) in [7, 11) is 0. The highest BCUT2D eigenvalue weighted by molar-refractivity contribution is 5.86. The SMILES string of the molecule is C#CCCNC(=O)NC1(C(=O)O)CCOCC1. The molecule has 1 aliphatic heterocycles. The number of nitrogens with one attached hydrogen (secondary N) is 2. The third-order valence-electron chi connectivity index (χ3n) is 2.66. The van der Waals surface area contributed by atoms with Crippen molar-refractivity contribution in [1.82, 2.24) is 10.6 Å². The minimum absolute atomic E-state index is 0.269. The zero-order valence-electron chi connectivity index (χ0n) is 9.49. The normalized spacial score (nSPS) is 17.8. The van der Waals surface area contributed by atoms with E-state index in [1.54, 1.807) is 0 Å². The molecule has 2 amide bonds. The Hall–Kier alpha value is -1.74. The molecule has 0 saturated carbocycles. The van der Waals surface area contributed by atoms with Gasteiger partial charge in [-0.3, -0.25) is 0 Å². The molecule has 0 unspecified atom stereocenters. The number of rotatable bonds is 4. The highest BCUT2D eigenvalue weighted by Gasteiger charge is 2.41. The minimum atomic E-state index is -1.22. The number of ether oxygens (including phenoxy) is 1. The first-order valence-electron chi connectivity index (χ1n) is 5.41. The Bertz CT molecular complexity index is 329. The Balaban J connectivity index is 2.52. The maximum atomic E-state index is 11.5. The molecule has 0 aromatic carbocycles. The van der Waals surface area contributed by atoms with Crippen LogP contribution >= 0.6 is 0 Å². The number of aliphatic carboxylic acids is 1. The lowest BCUT2D eigenvalue weighted by Gasteiger charge is -2.33. The second-order valence-electron chi connectivity index (χ2n) is 3.83. The lowest BCUT2D eigenvalue weighted by atomic mass is 9.90. The Kier molecular flexibility index (Phi) is 4.79. The molecule has 6 heteroatoms. The molecule has 1 fully saturated rings. The number of hydrogen-bond acceptors (Lipinski definition) is 3. The van der Waals surface area contributed by atoms with Crippen molar-refractivity contribution in [3.63, 3.8) is 0 Å². The smallest absolute Gasteiger partial charge is 0.329 e. The predicted octanol–water partition coefficient (Wildman–Crippen LogP) is -0.0573. The number of hydrogen-bond donors (Lipinski definition) is 3. The summed E-state index contributed by atoms with van der Waals surface area (Å²) in [5, 5.41) is 14.2. The van der Waals surface area contributed by atoms with Crippen LogP contribution in [0.3, 0.4) is 0 Å². The lowest BCUT2D eigenvalue weighted by molar-refractivity contribution is -0.148. The molecule has 1 rings (SSSR count). The highest BCUT2D eigenvalue weighted by atomic mass is 16.5. The van der Waals surface area contributed by atoms with Gasteiger partial charge in [0.1, 0.15) is 5.54 Å². The van der Waals surface area contributed by atoms with Gasteiger partial charge in [0.2, 0.25) is 0 Å². The van der Waals surface area contributed by atoms with E-state index in [9.17, 15) is 14.7 Å². The van der Waals surface area contributed by atoms with Gasteiger partial charge in [-0.25, -0.2) is 9.59 Å². The molecule has 3 N–H and O–H groups in total. The molecule has 0 bridgehead atoms. The molecule has 0 aliphatic carbocycles. The second-order valence-corrected chi connectivity index (χ2v) is 3.83. The van der Waals surface area contributed by atoms with Crippen molar-refractivity contribution < 1.29 is 19.4 Å². The number of carboxylic acids is 1. The molecule has 0 radical (unpaired) electrons. The Morgan fingerprint density at radius 3 is 2.59 bits per heavy atom. The van der Waals surface area contributed by atoms with Gasteiger partial charge < -0.3 is 20.5 Å². The van der Waals surface area contributed by atoms with Crippen molar-refractivity contribution in [2.24, 2.45) is 0 Å². The molecule has 1 saturated heterocycles. The van der Waals surface area contributed by atoms with Gasteiger partial charge in [-0.05, 0) is 0 Å². The van der Waals surface area contributed by atoms with E-state index >= 15 is 0 Å². The number of terminal acetylenes is 1. The van der Waals surface area contributed by atoms with Crippen LogP contribution in [-0.4, -0.2) is 42.4 Å². The first-order valence-corrected chi connectivity index (χ1v) is 5.41. The number of urea groups is 1. The molecule has 0 aromatic rings.